The average Bonchev–Trinajstić information content (AvgIpc) is 2.80. The van der Waals surface area contributed by atoms with Gasteiger partial charge in [0, 0.05) is 4.88 Å². The van der Waals surface area contributed by atoms with Crippen LogP contribution in [0.15, 0.2) is 35.2 Å². The lowest BCUT2D eigenvalue weighted by atomic mass is 10.1. The van der Waals surface area contributed by atoms with Crippen LogP contribution in [0.2, 0.25) is 0 Å². The SMILES string of the molecule is O=C1C=C(/C=C/c2cccs2)[C@H](O)[C@H]1O. The van der Waals surface area contributed by atoms with Crippen LogP contribution in [0.25, 0.3) is 6.08 Å². The van der Waals surface area contributed by atoms with Gasteiger partial charge in [-0.25, -0.2) is 0 Å². The number of aliphatic hydroxyl groups excluding tert-OH is 2. The van der Waals surface area contributed by atoms with E-state index in [9.17, 15) is 15.0 Å². The van der Waals surface area contributed by atoms with Gasteiger partial charge in [0.2, 0.25) is 0 Å². The molecular weight excluding hydrogens is 212 g/mol. The summed E-state index contributed by atoms with van der Waals surface area (Å²) in [6.07, 6.45) is 2.36. The molecule has 0 unspecified atom stereocenters. The molecule has 0 spiro atoms. The largest absolute Gasteiger partial charge is 0.385 e. The highest BCUT2D eigenvalue weighted by atomic mass is 32.1. The van der Waals surface area contributed by atoms with E-state index in [1.54, 1.807) is 17.4 Å². The Bertz CT molecular complexity index is 417. The van der Waals surface area contributed by atoms with E-state index in [1.807, 2.05) is 23.6 Å². The fourth-order valence-corrected chi connectivity index (χ4v) is 2.00. The Kier molecular flexibility index (Phi) is 2.81. The first kappa shape index (κ1) is 10.3. The van der Waals surface area contributed by atoms with Crippen LogP contribution < -0.4 is 0 Å². The zero-order valence-corrected chi connectivity index (χ0v) is 8.65. The minimum atomic E-state index is -1.30. The summed E-state index contributed by atoms with van der Waals surface area (Å²) in [5, 5.41) is 20.6. The summed E-state index contributed by atoms with van der Waals surface area (Å²) in [7, 11) is 0. The van der Waals surface area contributed by atoms with Crippen LogP contribution >= 0.6 is 11.3 Å². The van der Waals surface area contributed by atoms with Gasteiger partial charge in [-0.05, 0) is 29.2 Å². The molecule has 15 heavy (non-hydrogen) atoms. The summed E-state index contributed by atoms with van der Waals surface area (Å²) in [6, 6.07) is 3.85. The third kappa shape index (κ3) is 2.07. The highest BCUT2D eigenvalue weighted by Gasteiger charge is 2.31. The molecule has 0 radical (unpaired) electrons. The third-order valence-corrected chi connectivity index (χ3v) is 3.06. The predicted octanol–water partition coefficient (Wildman–Crippen LogP) is 0.992. The zero-order chi connectivity index (χ0) is 10.8. The molecular formula is C11H10O3S. The quantitative estimate of drug-likeness (QED) is 0.784. The van der Waals surface area contributed by atoms with Gasteiger partial charge in [0.15, 0.2) is 5.78 Å². The fraction of sp³-hybridized carbons (Fsp3) is 0.182. The Morgan fingerprint density at radius 1 is 1.27 bits per heavy atom. The third-order valence-electron chi connectivity index (χ3n) is 2.22. The van der Waals surface area contributed by atoms with Gasteiger partial charge in [-0.2, -0.15) is 0 Å². The van der Waals surface area contributed by atoms with E-state index in [4.69, 9.17) is 0 Å². The molecule has 1 aliphatic rings. The lowest BCUT2D eigenvalue weighted by molar-refractivity contribution is -0.124. The van der Waals surface area contributed by atoms with Gasteiger partial charge in [0.1, 0.15) is 12.2 Å². The van der Waals surface area contributed by atoms with E-state index in [2.05, 4.69) is 0 Å². The van der Waals surface area contributed by atoms with Crippen LogP contribution in [-0.4, -0.2) is 28.2 Å². The molecule has 0 amide bonds. The summed E-state index contributed by atoms with van der Waals surface area (Å²) in [5.74, 6) is -0.437. The summed E-state index contributed by atoms with van der Waals surface area (Å²) in [6.45, 7) is 0. The van der Waals surface area contributed by atoms with Crippen LogP contribution in [0.4, 0.5) is 0 Å². The molecule has 2 N–H and O–H groups in total. The summed E-state index contributed by atoms with van der Waals surface area (Å²) >= 11 is 1.57. The van der Waals surface area contributed by atoms with Gasteiger partial charge in [-0.1, -0.05) is 12.1 Å². The highest BCUT2D eigenvalue weighted by Crippen LogP contribution is 2.20. The molecule has 4 heteroatoms. The second kappa shape index (κ2) is 4.10. The highest BCUT2D eigenvalue weighted by molar-refractivity contribution is 7.10. The molecule has 1 aliphatic carbocycles. The Morgan fingerprint density at radius 3 is 2.60 bits per heavy atom. The van der Waals surface area contributed by atoms with Crippen LogP contribution in [0.5, 0.6) is 0 Å². The molecule has 0 saturated carbocycles. The molecule has 0 aliphatic heterocycles. The van der Waals surface area contributed by atoms with Gasteiger partial charge in [0.05, 0.1) is 0 Å². The van der Waals surface area contributed by atoms with Crippen molar-refractivity contribution in [1.29, 1.82) is 0 Å². The van der Waals surface area contributed by atoms with Gasteiger partial charge in [0.25, 0.3) is 0 Å². The zero-order valence-electron chi connectivity index (χ0n) is 7.83. The van der Waals surface area contributed by atoms with E-state index < -0.39 is 18.0 Å². The van der Waals surface area contributed by atoms with Crippen molar-refractivity contribution in [2.75, 3.05) is 0 Å². The van der Waals surface area contributed by atoms with Crippen LogP contribution in [0, 0.1) is 0 Å². The lowest BCUT2D eigenvalue weighted by Gasteiger charge is -2.07. The van der Waals surface area contributed by atoms with E-state index in [1.165, 1.54) is 6.08 Å². The molecule has 2 atom stereocenters. The smallest absolute Gasteiger partial charge is 0.187 e. The average molecular weight is 222 g/mol. The molecule has 1 aromatic rings. The topological polar surface area (TPSA) is 57.5 Å². The number of carbonyl (C=O) groups is 1. The van der Waals surface area contributed by atoms with E-state index in [0.29, 0.717) is 5.57 Å². The number of hydrogen-bond acceptors (Lipinski definition) is 4. The lowest BCUT2D eigenvalue weighted by Crippen LogP contribution is -2.27. The molecule has 1 aromatic heterocycles. The monoisotopic (exact) mass is 222 g/mol. The summed E-state index contributed by atoms with van der Waals surface area (Å²) < 4.78 is 0. The first-order chi connectivity index (χ1) is 7.18. The molecule has 2 rings (SSSR count). The van der Waals surface area contributed by atoms with Crippen molar-refractivity contribution in [3.63, 3.8) is 0 Å². The number of ketones is 1. The van der Waals surface area contributed by atoms with Gasteiger partial charge in [-0.3, -0.25) is 4.79 Å². The van der Waals surface area contributed by atoms with Crippen molar-refractivity contribution in [2.45, 2.75) is 12.2 Å². The Labute approximate surface area is 91.0 Å². The number of rotatable bonds is 2. The minimum Gasteiger partial charge on any atom is -0.385 e. The van der Waals surface area contributed by atoms with Crippen LogP contribution in [0.3, 0.4) is 0 Å². The van der Waals surface area contributed by atoms with E-state index in [0.717, 1.165) is 4.88 Å². The fourth-order valence-electron chi connectivity index (χ4n) is 1.38. The van der Waals surface area contributed by atoms with Crippen molar-refractivity contribution in [3.8, 4) is 0 Å². The summed E-state index contributed by atoms with van der Waals surface area (Å²) in [5.41, 5.74) is 0.459. The maximum atomic E-state index is 11.0. The number of hydrogen-bond donors (Lipinski definition) is 2. The predicted molar refractivity (Wildman–Crippen MR) is 58.5 cm³/mol. The molecule has 3 nitrogen and oxygen atoms in total. The maximum Gasteiger partial charge on any atom is 0.187 e. The van der Waals surface area contributed by atoms with E-state index in [-0.39, 0.29) is 0 Å². The standard InChI is InChI=1S/C11H10O3S/c12-9-6-7(10(13)11(9)14)3-4-8-2-1-5-15-8/h1-6,10-11,13-14H/b4-3+/t10-,11-/m0/s1. The van der Waals surface area contributed by atoms with Crippen molar-refractivity contribution < 1.29 is 15.0 Å². The number of carbonyl (C=O) groups excluding carboxylic acids is 1. The molecule has 1 heterocycles. The number of thiophene rings is 1. The molecule has 0 aromatic carbocycles. The van der Waals surface area contributed by atoms with Crippen LogP contribution in [-0.2, 0) is 4.79 Å². The minimum absolute atomic E-state index is 0.437. The first-order valence-corrected chi connectivity index (χ1v) is 5.39. The molecule has 78 valence electrons. The summed E-state index contributed by atoms with van der Waals surface area (Å²) in [4.78, 5) is 12.1. The molecule has 0 fully saturated rings. The Balaban J connectivity index is 2.14. The number of aliphatic hydroxyl groups is 2. The van der Waals surface area contributed by atoms with Crippen molar-refractivity contribution in [1.82, 2.24) is 0 Å². The Morgan fingerprint density at radius 2 is 2.07 bits per heavy atom. The van der Waals surface area contributed by atoms with Gasteiger partial charge < -0.3 is 10.2 Å². The first-order valence-electron chi connectivity index (χ1n) is 4.51. The normalized spacial score (nSPS) is 26.3. The van der Waals surface area contributed by atoms with E-state index >= 15 is 0 Å². The molecule has 0 bridgehead atoms. The second-order valence-electron chi connectivity index (χ2n) is 3.29. The van der Waals surface area contributed by atoms with Crippen LogP contribution in [0.1, 0.15) is 4.88 Å². The van der Waals surface area contributed by atoms with Crippen molar-refractivity contribution in [2.24, 2.45) is 0 Å². The van der Waals surface area contributed by atoms with Gasteiger partial charge >= 0.3 is 0 Å². The Hall–Kier alpha value is -1.23. The molecule has 0 saturated heterocycles. The van der Waals surface area contributed by atoms with Crippen molar-refractivity contribution in [3.05, 3.63) is 40.1 Å². The van der Waals surface area contributed by atoms with Gasteiger partial charge in [-0.15, -0.1) is 11.3 Å². The second-order valence-corrected chi connectivity index (χ2v) is 4.26. The maximum absolute atomic E-state index is 11.0. The van der Waals surface area contributed by atoms with Crippen molar-refractivity contribution >= 4 is 23.2 Å².